The fraction of sp³-hybridized carbons (Fsp3) is 0.167. The van der Waals surface area contributed by atoms with Crippen molar-refractivity contribution in [2.24, 2.45) is 7.05 Å². The molecule has 18 heavy (non-hydrogen) atoms. The van der Waals surface area contributed by atoms with Crippen LogP contribution in [0.3, 0.4) is 0 Å². The van der Waals surface area contributed by atoms with Crippen molar-refractivity contribution in [1.29, 1.82) is 0 Å². The molecule has 0 fully saturated rings. The summed E-state index contributed by atoms with van der Waals surface area (Å²) in [6.07, 6.45) is 0. The maximum absolute atomic E-state index is 12.0. The molecule has 2 N–H and O–H groups in total. The van der Waals surface area contributed by atoms with Crippen molar-refractivity contribution in [2.75, 3.05) is 5.32 Å². The van der Waals surface area contributed by atoms with Gasteiger partial charge in [-0.05, 0) is 19.1 Å². The summed E-state index contributed by atoms with van der Waals surface area (Å²) in [4.78, 5) is 12.0. The summed E-state index contributed by atoms with van der Waals surface area (Å²) in [5.41, 5.74) is 1.37. The quantitative estimate of drug-likeness (QED) is 0.876. The van der Waals surface area contributed by atoms with Crippen molar-refractivity contribution in [2.45, 2.75) is 6.92 Å². The second-order valence-electron chi connectivity index (χ2n) is 3.88. The van der Waals surface area contributed by atoms with Gasteiger partial charge in [0, 0.05) is 18.8 Å². The van der Waals surface area contributed by atoms with Crippen molar-refractivity contribution in [3.05, 3.63) is 40.7 Å². The average molecular weight is 266 g/mol. The van der Waals surface area contributed by atoms with E-state index < -0.39 is 5.91 Å². The van der Waals surface area contributed by atoms with Crippen molar-refractivity contribution < 1.29 is 9.90 Å². The Hall–Kier alpha value is -2.01. The zero-order valence-corrected chi connectivity index (χ0v) is 10.7. The first-order valence-corrected chi connectivity index (χ1v) is 5.66. The Kier molecular flexibility index (Phi) is 3.25. The third-order valence-corrected chi connectivity index (χ3v) is 3.03. The summed E-state index contributed by atoms with van der Waals surface area (Å²) in [5.74, 6) is -0.328. The molecule has 0 atom stereocenters. The molecule has 0 aliphatic rings. The smallest absolute Gasteiger partial charge is 0.277 e. The Balaban J connectivity index is 2.25. The topological polar surface area (TPSA) is 67.2 Å². The molecular weight excluding hydrogens is 254 g/mol. The van der Waals surface area contributed by atoms with Crippen molar-refractivity contribution >= 4 is 23.2 Å². The molecule has 0 aliphatic heterocycles. The fourth-order valence-electron chi connectivity index (χ4n) is 1.50. The monoisotopic (exact) mass is 265 g/mol. The van der Waals surface area contributed by atoms with Crippen LogP contribution in [0.25, 0.3) is 0 Å². The molecule has 0 unspecified atom stereocenters. The molecule has 2 rings (SSSR count). The third-order valence-electron chi connectivity index (χ3n) is 2.58. The summed E-state index contributed by atoms with van der Waals surface area (Å²) in [6, 6.07) is 6.27. The number of benzene rings is 1. The minimum Gasteiger partial charge on any atom is -0.508 e. The molecule has 0 bridgehead atoms. The van der Waals surface area contributed by atoms with Crippen LogP contribution in [0.15, 0.2) is 24.3 Å². The van der Waals surface area contributed by atoms with E-state index in [0.717, 1.165) is 5.69 Å². The number of halogens is 1. The van der Waals surface area contributed by atoms with Gasteiger partial charge in [0.25, 0.3) is 5.91 Å². The number of nitrogens with one attached hydrogen (secondary N) is 1. The van der Waals surface area contributed by atoms with E-state index in [1.165, 1.54) is 12.1 Å². The number of aromatic hydroxyl groups is 1. The molecule has 1 heterocycles. The van der Waals surface area contributed by atoms with Gasteiger partial charge in [-0.3, -0.25) is 9.48 Å². The van der Waals surface area contributed by atoms with Crippen molar-refractivity contribution in [3.8, 4) is 5.75 Å². The van der Waals surface area contributed by atoms with Crippen LogP contribution in [-0.4, -0.2) is 20.8 Å². The maximum Gasteiger partial charge on any atom is 0.277 e. The highest BCUT2D eigenvalue weighted by Crippen LogP contribution is 2.21. The molecule has 1 amide bonds. The summed E-state index contributed by atoms with van der Waals surface area (Å²) >= 11 is 6.01. The van der Waals surface area contributed by atoms with Gasteiger partial charge in [0.1, 0.15) is 5.75 Å². The highest BCUT2D eigenvalue weighted by molar-refractivity contribution is 6.34. The first kappa shape index (κ1) is 12.4. The molecular formula is C12H12ClN3O2. The van der Waals surface area contributed by atoms with Gasteiger partial charge in [-0.1, -0.05) is 17.7 Å². The average Bonchev–Trinajstić information content (AvgIpc) is 2.57. The van der Waals surface area contributed by atoms with E-state index in [-0.39, 0.29) is 11.4 Å². The largest absolute Gasteiger partial charge is 0.508 e. The molecule has 0 aliphatic carbocycles. The van der Waals surface area contributed by atoms with Crippen LogP contribution in [0, 0.1) is 6.92 Å². The van der Waals surface area contributed by atoms with Gasteiger partial charge in [-0.15, -0.1) is 0 Å². The van der Waals surface area contributed by atoms with Gasteiger partial charge >= 0.3 is 0 Å². The first-order valence-electron chi connectivity index (χ1n) is 5.28. The van der Waals surface area contributed by atoms with Crippen LogP contribution < -0.4 is 5.32 Å². The molecule has 94 valence electrons. The Bertz CT molecular complexity index is 607. The number of carbonyl (C=O) groups is 1. The number of phenols is 1. The summed E-state index contributed by atoms with van der Waals surface area (Å²) in [7, 11) is 1.71. The molecule has 0 spiro atoms. The summed E-state index contributed by atoms with van der Waals surface area (Å²) < 4.78 is 1.54. The fourth-order valence-corrected chi connectivity index (χ4v) is 1.75. The normalized spacial score (nSPS) is 10.4. The van der Waals surface area contributed by atoms with Gasteiger partial charge in [0.15, 0.2) is 5.69 Å². The number of anilines is 1. The number of aryl methyl sites for hydroxylation is 1. The number of amides is 1. The Morgan fingerprint density at radius 3 is 2.78 bits per heavy atom. The van der Waals surface area contributed by atoms with E-state index in [9.17, 15) is 9.90 Å². The number of hydrogen-bond donors (Lipinski definition) is 2. The van der Waals surface area contributed by atoms with E-state index in [1.54, 1.807) is 30.8 Å². The molecule has 1 aromatic heterocycles. The van der Waals surface area contributed by atoms with Crippen LogP contribution in [0.1, 0.15) is 16.2 Å². The van der Waals surface area contributed by atoms with E-state index >= 15 is 0 Å². The van der Waals surface area contributed by atoms with Gasteiger partial charge < -0.3 is 10.4 Å². The van der Waals surface area contributed by atoms with Crippen LogP contribution in [0.4, 0.5) is 5.69 Å². The number of phenolic OH excluding ortho intramolecular Hbond substituents is 1. The van der Waals surface area contributed by atoms with Crippen LogP contribution in [0.2, 0.25) is 5.02 Å². The second-order valence-corrected chi connectivity index (χ2v) is 4.25. The van der Waals surface area contributed by atoms with E-state index in [2.05, 4.69) is 10.4 Å². The molecule has 5 nitrogen and oxygen atoms in total. The molecule has 2 aromatic rings. The van der Waals surface area contributed by atoms with Crippen molar-refractivity contribution in [3.63, 3.8) is 0 Å². The molecule has 1 aromatic carbocycles. The first-order chi connectivity index (χ1) is 8.49. The van der Waals surface area contributed by atoms with Gasteiger partial charge in [0.2, 0.25) is 0 Å². The van der Waals surface area contributed by atoms with Gasteiger partial charge in [-0.25, -0.2) is 0 Å². The standard InChI is InChI=1S/C12H12ClN3O2/c1-7-10(13)11(15-16(7)2)12(18)14-8-4-3-5-9(17)6-8/h3-6,17H,1-2H3,(H,14,18). The molecule has 0 saturated carbocycles. The lowest BCUT2D eigenvalue weighted by molar-refractivity contribution is 0.102. The van der Waals surface area contributed by atoms with Crippen LogP contribution in [0.5, 0.6) is 5.75 Å². The number of aromatic nitrogens is 2. The summed E-state index contributed by atoms with van der Waals surface area (Å²) in [5, 5.41) is 16.3. The van der Waals surface area contributed by atoms with Gasteiger partial charge in [0.05, 0.1) is 10.7 Å². The number of rotatable bonds is 2. The van der Waals surface area contributed by atoms with Crippen molar-refractivity contribution in [1.82, 2.24) is 9.78 Å². The SMILES string of the molecule is Cc1c(Cl)c(C(=O)Nc2cccc(O)c2)nn1C. The summed E-state index contributed by atoms with van der Waals surface area (Å²) in [6.45, 7) is 1.78. The minimum absolute atomic E-state index is 0.0797. The minimum atomic E-state index is -0.408. The van der Waals surface area contributed by atoms with E-state index in [1.807, 2.05) is 0 Å². The third kappa shape index (κ3) is 2.31. The highest BCUT2D eigenvalue weighted by atomic mass is 35.5. The van der Waals surface area contributed by atoms with Gasteiger partial charge in [-0.2, -0.15) is 5.10 Å². The van der Waals surface area contributed by atoms with E-state index in [4.69, 9.17) is 11.6 Å². The van der Waals surface area contributed by atoms with Crippen LogP contribution >= 0.6 is 11.6 Å². The Morgan fingerprint density at radius 1 is 1.50 bits per heavy atom. The predicted molar refractivity (Wildman–Crippen MR) is 69.0 cm³/mol. The lowest BCUT2D eigenvalue weighted by Crippen LogP contribution is -2.13. The second kappa shape index (κ2) is 4.70. The lowest BCUT2D eigenvalue weighted by atomic mass is 10.3. The molecule has 0 saturated heterocycles. The zero-order chi connectivity index (χ0) is 13.3. The van der Waals surface area contributed by atoms with Crippen LogP contribution in [-0.2, 0) is 7.05 Å². The lowest BCUT2D eigenvalue weighted by Gasteiger charge is -2.03. The Labute approximate surface area is 109 Å². The number of carbonyl (C=O) groups excluding carboxylic acids is 1. The zero-order valence-electron chi connectivity index (χ0n) is 9.94. The number of hydrogen-bond acceptors (Lipinski definition) is 3. The predicted octanol–water partition coefficient (Wildman–Crippen LogP) is 2.34. The highest BCUT2D eigenvalue weighted by Gasteiger charge is 2.18. The Morgan fingerprint density at radius 2 is 2.22 bits per heavy atom. The maximum atomic E-state index is 12.0. The number of nitrogens with zero attached hydrogens (tertiary/aromatic N) is 2. The van der Waals surface area contributed by atoms with E-state index in [0.29, 0.717) is 10.7 Å². The molecule has 6 heteroatoms. The molecule has 0 radical (unpaired) electrons.